The topological polar surface area (TPSA) is 61.9 Å². The van der Waals surface area contributed by atoms with Crippen molar-refractivity contribution >= 4 is 11.8 Å². The Balaban J connectivity index is 1.80. The summed E-state index contributed by atoms with van der Waals surface area (Å²) in [6.45, 7) is 8.63. The van der Waals surface area contributed by atoms with Crippen LogP contribution in [0.25, 0.3) is 0 Å². The first-order chi connectivity index (χ1) is 10.2. The molecule has 0 aromatic carbocycles. The van der Waals surface area contributed by atoms with Crippen LogP contribution in [0.5, 0.6) is 0 Å². The van der Waals surface area contributed by atoms with E-state index >= 15 is 0 Å². The first-order valence-electron chi connectivity index (χ1n) is 7.67. The van der Waals surface area contributed by atoms with Gasteiger partial charge in [0.25, 0.3) is 0 Å². The molecule has 6 nitrogen and oxygen atoms in total. The molecular weight excluding hydrogens is 270 g/mol. The molecule has 0 aromatic heterocycles. The first kappa shape index (κ1) is 16.0. The van der Waals surface area contributed by atoms with E-state index in [1.807, 2.05) is 4.90 Å². The van der Waals surface area contributed by atoms with Crippen molar-refractivity contribution in [1.82, 2.24) is 15.1 Å². The smallest absolute Gasteiger partial charge is 0.234 e. The lowest BCUT2D eigenvalue weighted by Crippen LogP contribution is -2.49. The lowest BCUT2D eigenvalue weighted by molar-refractivity contribution is -0.142. The van der Waals surface area contributed by atoms with E-state index in [0.29, 0.717) is 45.9 Å². The Morgan fingerprint density at radius 1 is 1.29 bits per heavy atom. The molecular formula is C15H25N3O3. The van der Waals surface area contributed by atoms with Gasteiger partial charge in [0.1, 0.15) is 0 Å². The van der Waals surface area contributed by atoms with E-state index < -0.39 is 0 Å². The summed E-state index contributed by atoms with van der Waals surface area (Å²) < 4.78 is 5.28. The van der Waals surface area contributed by atoms with Crippen LogP contribution in [0.2, 0.25) is 0 Å². The van der Waals surface area contributed by atoms with Crippen LogP contribution in [0, 0.1) is 5.92 Å². The monoisotopic (exact) mass is 295 g/mol. The third-order valence-corrected chi connectivity index (χ3v) is 3.99. The third-order valence-electron chi connectivity index (χ3n) is 3.99. The lowest BCUT2D eigenvalue weighted by Gasteiger charge is -2.35. The maximum atomic E-state index is 12.5. The van der Waals surface area contributed by atoms with Crippen LogP contribution in [0.15, 0.2) is 12.7 Å². The van der Waals surface area contributed by atoms with Crippen molar-refractivity contribution < 1.29 is 14.3 Å². The molecule has 1 unspecified atom stereocenters. The van der Waals surface area contributed by atoms with Crippen molar-refractivity contribution in [2.24, 2.45) is 5.92 Å². The zero-order valence-corrected chi connectivity index (χ0v) is 12.6. The van der Waals surface area contributed by atoms with Crippen LogP contribution in [0.3, 0.4) is 0 Å². The van der Waals surface area contributed by atoms with E-state index in [1.54, 1.807) is 6.08 Å². The number of rotatable bonds is 5. The molecule has 0 radical (unpaired) electrons. The number of morpholine rings is 1. The standard InChI is InChI=1S/C15H25N3O3/c1-2-5-16-14(19)12-17-6-3-4-13(11-17)15(20)18-7-9-21-10-8-18/h2,13H,1,3-12H2,(H,16,19). The Kier molecular flexibility index (Phi) is 6.20. The van der Waals surface area contributed by atoms with Gasteiger partial charge in [0.15, 0.2) is 0 Å². The van der Waals surface area contributed by atoms with Gasteiger partial charge in [-0.3, -0.25) is 14.5 Å². The normalized spacial score (nSPS) is 23.6. The van der Waals surface area contributed by atoms with Gasteiger partial charge in [0, 0.05) is 26.2 Å². The van der Waals surface area contributed by atoms with Gasteiger partial charge >= 0.3 is 0 Å². The average Bonchev–Trinajstić information content (AvgIpc) is 2.53. The van der Waals surface area contributed by atoms with E-state index in [0.717, 1.165) is 19.4 Å². The maximum absolute atomic E-state index is 12.5. The number of carbonyl (C=O) groups excluding carboxylic acids is 2. The molecule has 2 rings (SSSR count). The quantitative estimate of drug-likeness (QED) is 0.717. The molecule has 0 bridgehead atoms. The van der Waals surface area contributed by atoms with Gasteiger partial charge in [-0.1, -0.05) is 6.08 Å². The molecule has 1 N–H and O–H groups in total. The number of hydrogen-bond donors (Lipinski definition) is 1. The van der Waals surface area contributed by atoms with Crippen molar-refractivity contribution in [1.29, 1.82) is 0 Å². The highest BCUT2D eigenvalue weighted by Crippen LogP contribution is 2.19. The fraction of sp³-hybridized carbons (Fsp3) is 0.733. The number of piperidine rings is 1. The minimum atomic E-state index is -0.00521. The fourth-order valence-corrected chi connectivity index (χ4v) is 2.89. The number of nitrogens with one attached hydrogen (secondary N) is 1. The predicted molar refractivity (Wildman–Crippen MR) is 79.8 cm³/mol. The lowest BCUT2D eigenvalue weighted by atomic mass is 9.96. The summed E-state index contributed by atoms with van der Waals surface area (Å²) in [5.41, 5.74) is 0. The fourth-order valence-electron chi connectivity index (χ4n) is 2.89. The molecule has 0 spiro atoms. The Morgan fingerprint density at radius 2 is 2.05 bits per heavy atom. The summed E-state index contributed by atoms with van der Waals surface area (Å²) in [6, 6.07) is 0. The molecule has 2 amide bonds. The summed E-state index contributed by atoms with van der Waals surface area (Å²) in [6.07, 6.45) is 3.55. The molecule has 0 aromatic rings. The second-order valence-electron chi connectivity index (χ2n) is 5.60. The SMILES string of the molecule is C=CCNC(=O)CN1CCCC(C(=O)N2CCOCC2)C1. The average molecular weight is 295 g/mol. The largest absolute Gasteiger partial charge is 0.378 e. The number of carbonyl (C=O) groups is 2. The van der Waals surface area contributed by atoms with Gasteiger partial charge < -0.3 is 15.0 Å². The molecule has 2 aliphatic heterocycles. The first-order valence-corrected chi connectivity index (χ1v) is 7.67. The van der Waals surface area contributed by atoms with Crippen LogP contribution >= 0.6 is 0 Å². The zero-order valence-electron chi connectivity index (χ0n) is 12.6. The Labute approximate surface area is 126 Å². The molecule has 0 aliphatic carbocycles. The second kappa shape index (κ2) is 8.14. The molecule has 2 aliphatic rings. The van der Waals surface area contributed by atoms with Gasteiger partial charge in [-0.05, 0) is 19.4 Å². The van der Waals surface area contributed by atoms with Gasteiger partial charge in [-0.25, -0.2) is 0 Å². The minimum absolute atomic E-state index is 0.00521. The summed E-state index contributed by atoms with van der Waals surface area (Å²) in [4.78, 5) is 28.2. The molecule has 6 heteroatoms. The highest BCUT2D eigenvalue weighted by atomic mass is 16.5. The van der Waals surface area contributed by atoms with Crippen LogP contribution in [0.4, 0.5) is 0 Å². The van der Waals surface area contributed by atoms with Crippen LogP contribution in [-0.4, -0.2) is 74.1 Å². The second-order valence-corrected chi connectivity index (χ2v) is 5.60. The van der Waals surface area contributed by atoms with E-state index in [2.05, 4.69) is 16.8 Å². The number of ether oxygens (including phenoxy) is 1. The summed E-state index contributed by atoms with van der Waals surface area (Å²) in [5, 5.41) is 2.78. The van der Waals surface area contributed by atoms with Gasteiger partial charge in [-0.2, -0.15) is 0 Å². The summed E-state index contributed by atoms with van der Waals surface area (Å²) >= 11 is 0. The maximum Gasteiger partial charge on any atom is 0.234 e. The van der Waals surface area contributed by atoms with Crippen molar-refractivity contribution in [2.75, 3.05) is 52.5 Å². The number of likely N-dealkylation sites (tertiary alicyclic amines) is 1. The van der Waals surface area contributed by atoms with Crippen molar-refractivity contribution in [3.05, 3.63) is 12.7 Å². The molecule has 2 fully saturated rings. The van der Waals surface area contributed by atoms with Gasteiger partial charge in [-0.15, -0.1) is 6.58 Å². The van der Waals surface area contributed by atoms with Crippen LogP contribution in [0.1, 0.15) is 12.8 Å². The third kappa shape index (κ3) is 4.82. The highest BCUT2D eigenvalue weighted by Gasteiger charge is 2.30. The van der Waals surface area contributed by atoms with Crippen LogP contribution in [-0.2, 0) is 14.3 Å². The van der Waals surface area contributed by atoms with Gasteiger partial charge in [0.05, 0.1) is 25.7 Å². The van der Waals surface area contributed by atoms with E-state index in [-0.39, 0.29) is 17.7 Å². The minimum Gasteiger partial charge on any atom is -0.378 e. The van der Waals surface area contributed by atoms with E-state index in [4.69, 9.17) is 4.74 Å². The van der Waals surface area contributed by atoms with Gasteiger partial charge in [0.2, 0.25) is 11.8 Å². The molecule has 118 valence electrons. The summed E-state index contributed by atoms with van der Waals surface area (Å²) in [7, 11) is 0. The number of nitrogens with zero attached hydrogens (tertiary/aromatic N) is 2. The number of hydrogen-bond acceptors (Lipinski definition) is 4. The molecule has 2 heterocycles. The molecule has 2 saturated heterocycles. The highest BCUT2D eigenvalue weighted by molar-refractivity contribution is 5.80. The Bertz CT molecular complexity index is 380. The predicted octanol–water partition coefficient (Wildman–Crippen LogP) is -0.141. The van der Waals surface area contributed by atoms with Crippen molar-refractivity contribution in [3.8, 4) is 0 Å². The number of amides is 2. The van der Waals surface area contributed by atoms with Crippen molar-refractivity contribution in [2.45, 2.75) is 12.8 Å². The zero-order chi connectivity index (χ0) is 15.1. The molecule has 1 atom stereocenters. The van der Waals surface area contributed by atoms with Crippen LogP contribution < -0.4 is 5.32 Å². The van der Waals surface area contributed by atoms with Crippen molar-refractivity contribution in [3.63, 3.8) is 0 Å². The van der Waals surface area contributed by atoms with E-state index in [1.165, 1.54) is 0 Å². The Hall–Kier alpha value is -1.40. The Morgan fingerprint density at radius 3 is 2.76 bits per heavy atom. The van der Waals surface area contributed by atoms with E-state index in [9.17, 15) is 9.59 Å². The molecule has 21 heavy (non-hydrogen) atoms. The summed E-state index contributed by atoms with van der Waals surface area (Å²) in [5.74, 6) is 0.230. The molecule has 0 saturated carbocycles.